The van der Waals surface area contributed by atoms with Crippen molar-refractivity contribution < 1.29 is 0 Å². The van der Waals surface area contributed by atoms with Crippen LogP contribution in [0.25, 0.3) is 16.7 Å². The number of H-pyrrole nitrogens is 1. The Morgan fingerprint density at radius 2 is 2.04 bits per heavy atom. The molecule has 5 rings (SSSR count). The Bertz CT molecular complexity index is 1120. The molecule has 2 unspecified atom stereocenters. The molecule has 4 aromatic rings. The fourth-order valence-electron chi connectivity index (χ4n) is 3.89. The Morgan fingerprint density at radius 3 is 2.88 bits per heavy atom. The summed E-state index contributed by atoms with van der Waals surface area (Å²) in [6, 6.07) is 8.16. The van der Waals surface area contributed by atoms with Gasteiger partial charge in [0.25, 0.3) is 0 Å². The van der Waals surface area contributed by atoms with Crippen LogP contribution in [0.5, 0.6) is 0 Å². The van der Waals surface area contributed by atoms with Gasteiger partial charge in [-0.1, -0.05) is 0 Å². The van der Waals surface area contributed by atoms with Gasteiger partial charge >= 0.3 is 0 Å². The van der Waals surface area contributed by atoms with Crippen molar-refractivity contribution in [3.05, 3.63) is 54.4 Å². The van der Waals surface area contributed by atoms with Gasteiger partial charge in [-0.25, -0.2) is 15.0 Å². The van der Waals surface area contributed by atoms with Crippen molar-refractivity contribution in [3.63, 3.8) is 0 Å². The largest absolute Gasteiger partial charge is 0.367 e. The second-order valence-electron chi connectivity index (χ2n) is 6.74. The summed E-state index contributed by atoms with van der Waals surface area (Å²) in [5, 5.41) is 12.4. The van der Waals surface area contributed by atoms with E-state index in [1.54, 1.807) is 12.3 Å². The monoisotopic (exact) mass is 343 g/mol. The molecule has 0 spiro atoms. The standard InChI is InChI=1S/C19H17N7/c20-8-12-1-4-17(22-9-12)25-14-3-2-13(7-14)19-24-11-15-10-23-18-16(26(15)19)5-6-21-18/h1,4-6,9-11,13-14,21H,2-3,7H2,(H,22,25). The number of imidazole rings is 1. The molecule has 0 amide bonds. The van der Waals surface area contributed by atoms with E-state index in [9.17, 15) is 0 Å². The number of fused-ring (bicyclic) bond motifs is 3. The number of anilines is 1. The molecular formula is C19H17N7. The maximum absolute atomic E-state index is 8.87. The van der Waals surface area contributed by atoms with Crippen molar-refractivity contribution in [1.82, 2.24) is 24.3 Å². The average Bonchev–Trinajstić information content (AvgIpc) is 3.40. The molecule has 2 N–H and O–H groups in total. The maximum atomic E-state index is 8.87. The molecular weight excluding hydrogens is 326 g/mol. The Hall–Kier alpha value is -3.40. The molecule has 1 fully saturated rings. The Balaban J connectivity index is 1.39. The number of hydrogen-bond acceptors (Lipinski definition) is 5. The zero-order valence-corrected chi connectivity index (χ0v) is 14.1. The van der Waals surface area contributed by atoms with Gasteiger partial charge in [0, 0.05) is 24.4 Å². The van der Waals surface area contributed by atoms with Gasteiger partial charge in [-0.2, -0.15) is 5.26 Å². The summed E-state index contributed by atoms with van der Waals surface area (Å²) in [7, 11) is 0. The van der Waals surface area contributed by atoms with Gasteiger partial charge in [0.05, 0.1) is 29.0 Å². The van der Waals surface area contributed by atoms with Crippen LogP contribution in [0.3, 0.4) is 0 Å². The summed E-state index contributed by atoms with van der Waals surface area (Å²) in [5.41, 5.74) is 3.55. The van der Waals surface area contributed by atoms with E-state index in [0.717, 1.165) is 47.6 Å². The molecule has 1 saturated carbocycles. The van der Waals surface area contributed by atoms with E-state index in [4.69, 9.17) is 10.2 Å². The van der Waals surface area contributed by atoms with E-state index in [0.29, 0.717) is 17.5 Å². The molecule has 0 bridgehead atoms. The van der Waals surface area contributed by atoms with Crippen LogP contribution in [0.15, 0.2) is 43.0 Å². The number of nitriles is 1. The van der Waals surface area contributed by atoms with Gasteiger partial charge in [-0.15, -0.1) is 0 Å². The van der Waals surface area contributed by atoms with Gasteiger partial charge in [-0.3, -0.25) is 4.40 Å². The van der Waals surface area contributed by atoms with Crippen LogP contribution in [0.1, 0.15) is 36.6 Å². The number of aromatic amines is 1. The zero-order valence-electron chi connectivity index (χ0n) is 14.1. The predicted octanol–water partition coefficient (Wildman–Crippen LogP) is 3.23. The number of hydrogen-bond donors (Lipinski definition) is 2. The van der Waals surface area contributed by atoms with Crippen LogP contribution >= 0.6 is 0 Å². The lowest BCUT2D eigenvalue weighted by Crippen LogP contribution is -2.16. The Labute approximate surface area is 149 Å². The van der Waals surface area contributed by atoms with Gasteiger partial charge in [0.1, 0.15) is 17.7 Å². The molecule has 0 saturated heterocycles. The summed E-state index contributed by atoms with van der Waals surface area (Å²) in [5.74, 6) is 2.32. The third-order valence-electron chi connectivity index (χ3n) is 5.13. The zero-order chi connectivity index (χ0) is 17.5. The molecule has 1 aliphatic carbocycles. The van der Waals surface area contributed by atoms with Crippen LogP contribution in [0, 0.1) is 11.3 Å². The van der Waals surface area contributed by atoms with Crippen molar-refractivity contribution in [2.75, 3.05) is 5.32 Å². The van der Waals surface area contributed by atoms with Gasteiger partial charge < -0.3 is 10.3 Å². The Kier molecular flexibility index (Phi) is 3.35. The molecule has 128 valence electrons. The fourth-order valence-corrected chi connectivity index (χ4v) is 3.89. The number of nitrogens with one attached hydrogen (secondary N) is 2. The molecule has 7 heteroatoms. The first kappa shape index (κ1) is 14.9. The fraction of sp³-hybridized carbons (Fsp3) is 0.263. The second-order valence-corrected chi connectivity index (χ2v) is 6.74. The number of rotatable bonds is 3. The van der Waals surface area contributed by atoms with Crippen molar-refractivity contribution in [2.24, 2.45) is 0 Å². The van der Waals surface area contributed by atoms with Crippen LogP contribution in [-0.4, -0.2) is 30.4 Å². The highest BCUT2D eigenvalue weighted by Gasteiger charge is 2.29. The van der Waals surface area contributed by atoms with E-state index in [-0.39, 0.29) is 0 Å². The van der Waals surface area contributed by atoms with E-state index < -0.39 is 0 Å². The molecule has 0 aromatic carbocycles. The summed E-state index contributed by atoms with van der Waals surface area (Å²) in [4.78, 5) is 16.6. The van der Waals surface area contributed by atoms with Crippen molar-refractivity contribution in [2.45, 2.75) is 31.2 Å². The van der Waals surface area contributed by atoms with Crippen molar-refractivity contribution >= 4 is 22.5 Å². The molecule has 26 heavy (non-hydrogen) atoms. The lowest BCUT2D eigenvalue weighted by molar-refractivity contribution is 0.657. The maximum Gasteiger partial charge on any atom is 0.154 e. The van der Waals surface area contributed by atoms with E-state index in [2.05, 4.69) is 30.7 Å². The first-order valence-corrected chi connectivity index (χ1v) is 8.74. The van der Waals surface area contributed by atoms with Crippen molar-refractivity contribution in [3.8, 4) is 6.07 Å². The van der Waals surface area contributed by atoms with Gasteiger partial charge in [0.2, 0.25) is 0 Å². The van der Waals surface area contributed by atoms with Crippen LogP contribution < -0.4 is 5.32 Å². The molecule has 0 aliphatic heterocycles. The lowest BCUT2D eigenvalue weighted by atomic mass is 10.1. The molecule has 1 aliphatic rings. The SMILES string of the molecule is N#Cc1ccc(NC2CCC(c3ncc4cnc5[nH]ccc5n34)C2)nc1. The quantitative estimate of drug-likeness (QED) is 0.595. The number of aromatic nitrogens is 5. The molecule has 2 atom stereocenters. The average molecular weight is 343 g/mol. The van der Waals surface area contributed by atoms with Crippen LogP contribution in [-0.2, 0) is 0 Å². The van der Waals surface area contributed by atoms with Crippen molar-refractivity contribution in [1.29, 1.82) is 5.26 Å². The minimum Gasteiger partial charge on any atom is -0.367 e. The minimum absolute atomic E-state index is 0.358. The second kappa shape index (κ2) is 5.85. The van der Waals surface area contributed by atoms with E-state index in [1.165, 1.54) is 0 Å². The minimum atomic E-state index is 0.358. The van der Waals surface area contributed by atoms with E-state index >= 15 is 0 Å². The van der Waals surface area contributed by atoms with Gasteiger partial charge in [-0.05, 0) is 37.5 Å². The first-order valence-electron chi connectivity index (χ1n) is 8.74. The van der Waals surface area contributed by atoms with Gasteiger partial charge in [0.15, 0.2) is 5.65 Å². The smallest absolute Gasteiger partial charge is 0.154 e. The summed E-state index contributed by atoms with van der Waals surface area (Å²) in [6.07, 6.45) is 10.4. The molecule has 4 aromatic heterocycles. The lowest BCUT2D eigenvalue weighted by Gasteiger charge is -2.14. The van der Waals surface area contributed by atoms with Crippen LogP contribution in [0.2, 0.25) is 0 Å². The topological polar surface area (TPSA) is 94.7 Å². The summed E-state index contributed by atoms with van der Waals surface area (Å²) < 4.78 is 2.21. The first-order chi connectivity index (χ1) is 12.8. The number of nitrogens with zero attached hydrogens (tertiary/aromatic N) is 5. The highest BCUT2D eigenvalue weighted by atomic mass is 15.1. The molecule has 7 nitrogen and oxygen atoms in total. The van der Waals surface area contributed by atoms with Crippen LogP contribution in [0.4, 0.5) is 5.82 Å². The third kappa shape index (κ3) is 2.39. The third-order valence-corrected chi connectivity index (χ3v) is 5.13. The normalized spacial score (nSPS) is 19.8. The summed E-state index contributed by atoms with van der Waals surface area (Å²) in [6.45, 7) is 0. The number of pyridine rings is 1. The Morgan fingerprint density at radius 1 is 1.12 bits per heavy atom. The predicted molar refractivity (Wildman–Crippen MR) is 97.8 cm³/mol. The summed E-state index contributed by atoms with van der Waals surface area (Å²) >= 11 is 0. The molecule has 0 radical (unpaired) electrons. The molecule has 4 heterocycles. The van der Waals surface area contributed by atoms with E-state index in [1.807, 2.05) is 30.7 Å². The highest BCUT2D eigenvalue weighted by Crippen LogP contribution is 2.36. The highest BCUT2D eigenvalue weighted by molar-refractivity contribution is 5.75.